The van der Waals surface area contributed by atoms with E-state index in [0.717, 1.165) is 38.1 Å². The molecule has 0 N–H and O–H groups in total. The number of halogens is 3. The van der Waals surface area contributed by atoms with E-state index in [9.17, 15) is 32.8 Å². The fraction of sp³-hybridized carbons (Fsp3) is 0.438. The average Bonchev–Trinajstić information content (AvgIpc) is 3.58. The van der Waals surface area contributed by atoms with Crippen molar-refractivity contribution in [3.63, 3.8) is 0 Å². The summed E-state index contributed by atoms with van der Waals surface area (Å²) in [6.45, 7) is 2.64. The zero-order valence-electron chi connectivity index (χ0n) is 23.9. The fourth-order valence-electron chi connectivity index (χ4n) is 7.12. The Bertz CT molecular complexity index is 1550. The van der Waals surface area contributed by atoms with Crippen molar-refractivity contribution >= 4 is 23.4 Å². The minimum Gasteiger partial charge on any atom is -0.341 e. The predicted octanol–water partition coefficient (Wildman–Crippen LogP) is 5.12. The number of Topliss-reactive ketones (excluding diaryl/α,β-unsaturated/α-hetero) is 1. The van der Waals surface area contributed by atoms with Crippen molar-refractivity contribution < 1.29 is 27.6 Å². The molecule has 2 saturated heterocycles. The van der Waals surface area contributed by atoms with Gasteiger partial charge in [-0.3, -0.25) is 14.5 Å². The summed E-state index contributed by atoms with van der Waals surface area (Å²) in [7, 11) is 2.06. The molecule has 3 heterocycles. The number of nitriles is 1. The number of alkyl halides is 3. The normalized spacial score (nSPS) is 24.6. The quantitative estimate of drug-likeness (QED) is 0.493. The summed E-state index contributed by atoms with van der Waals surface area (Å²) < 4.78 is 41.1. The van der Waals surface area contributed by atoms with Crippen molar-refractivity contribution in [2.75, 3.05) is 44.7 Å². The Balaban J connectivity index is 1.43. The van der Waals surface area contributed by atoms with Gasteiger partial charge in [0, 0.05) is 42.7 Å². The van der Waals surface area contributed by atoms with Crippen LogP contribution in [0, 0.1) is 16.7 Å². The second-order valence-corrected chi connectivity index (χ2v) is 12.1. The van der Waals surface area contributed by atoms with Crippen molar-refractivity contribution in [3.8, 4) is 6.07 Å². The van der Waals surface area contributed by atoms with Crippen LogP contribution < -0.4 is 4.90 Å². The van der Waals surface area contributed by atoms with E-state index >= 15 is 0 Å². The summed E-state index contributed by atoms with van der Waals surface area (Å²) in [5, 5.41) is 9.33. The maximum atomic E-state index is 14.4. The Kier molecular flexibility index (Phi) is 7.29. The van der Waals surface area contributed by atoms with Crippen LogP contribution in [0.15, 0.2) is 59.8 Å². The molecule has 43 heavy (non-hydrogen) atoms. The van der Waals surface area contributed by atoms with Crippen molar-refractivity contribution in [1.82, 2.24) is 14.7 Å². The topological polar surface area (TPSA) is 88.0 Å². The number of urea groups is 1. The minimum absolute atomic E-state index is 0.00753. The van der Waals surface area contributed by atoms with Gasteiger partial charge in [-0.25, -0.2) is 4.79 Å². The van der Waals surface area contributed by atoms with E-state index in [1.165, 1.54) is 21.9 Å². The smallest absolute Gasteiger partial charge is 0.341 e. The number of allylic oxidation sites excluding steroid dienone is 1. The van der Waals surface area contributed by atoms with Crippen LogP contribution in [0.4, 0.5) is 23.7 Å². The van der Waals surface area contributed by atoms with Gasteiger partial charge >= 0.3 is 12.2 Å². The molecule has 2 aromatic rings. The van der Waals surface area contributed by atoms with E-state index in [1.807, 2.05) is 0 Å². The summed E-state index contributed by atoms with van der Waals surface area (Å²) in [6.07, 6.45) is -1.79. The van der Waals surface area contributed by atoms with E-state index in [2.05, 4.69) is 18.0 Å². The molecule has 2 atom stereocenters. The van der Waals surface area contributed by atoms with Gasteiger partial charge in [0.2, 0.25) is 5.91 Å². The zero-order valence-corrected chi connectivity index (χ0v) is 23.9. The molecule has 2 fully saturated rings. The van der Waals surface area contributed by atoms with Crippen LogP contribution in [0.3, 0.4) is 0 Å². The van der Waals surface area contributed by atoms with Crippen molar-refractivity contribution in [3.05, 3.63) is 76.5 Å². The molecule has 0 saturated carbocycles. The van der Waals surface area contributed by atoms with Gasteiger partial charge in [-0.15, -0.1) is 0 Å². The van der Waals surface area contributed by atoms with Gasteiger partial charge in [0.05, 0.1) is 28.9 Å². The van der Waals surface area contributed by atoms with Crippen LogP contribution in [-0.2, 0) is 15.8 Å². The molecule has 2 unspecified atom stereocenters. The highest BCUT2D eigenvalue weighted by Crippen LogP contribution is 2.45. The standard InChI is InChI=1S/C32H32F3N5O3/c1-37-14-12-31(19-37)13-15-38(20-31)27(42)18-39-29(22-10-8-21(17-36)9-11-22)28-25(6-3-7-26(28)41)40(30(39)43)24-5-2-4-23(16-24)32(33,34)35/h2,4-5,8-11,16,29H,3,6-7,12-15,18-20H2,1H3. The molecular formula is C32H32F3N5O3. The largest absolute Gasteiger partial charge is 0.416 e. The van der Waals surface area contributed by atoms with Crippen LogP contribution in [0.25, 0.3) is 0 Å². The lowest BCUT2D eigenvalue weighted by atomic mass is 9.83. The maximum absolute atomic E-state index is 14.4. The first-order valence-electron chi connectivity index (χ1n) is 14.5. The SMILES string of the molecule is CN1CCC2(CCN(C(=O)CN3C(=O)N(c4cccc(C(F)(F)F)c4)C4=C(C(=O)CCC4)C3c3ccc(C#N)cc3)C2)C1. The zero-order chi connectivity index (χ0) is 30.5. The molecule has 3 amide bonds. The first-order chi connectivity index (χ1) is 20.5. The number of carbonyl (C=O) groups excluding carboxylic acids is 3. The lowest BCUT2D eigenvalue weighted by Crippen LogP contribution is -2.55. The molecule has 0 aromatic heterocycles. The molecule has 0 radical (unpaired) electrons. The molecule has 11 heteroatoms. The Labute approximate surface area is 247 Å². The maximum Gasteiger partial charge on any atom is 0.416 e. The molecule has 6 rings (SSSR count). The van der Waals surface area contributed by atoms with Crippen molar-refractivity contribution in [2.24, 2.45) is 5.41 Å². The molecule has 3 aliphatic heterocycles. The van der Waals surface area contributed by atoms with Crippen LogP contribution in [0.2, 0.25) is 0 Å². The number of anilines is 1. The average molecular weight is 592 g/mol. The number of ketones is 1. The lowest BCUT2D eigenvalue weighted by Gasteiger charge is -2.45. The van der Waals surface area contributed by atoms with Gasteiger partial charge in [-0.2, -0.15) is 18.4 Å². The molecule has 2 aromatic carbocycles. The third kappa shape index (κ3) is 5.29. The highest BCUT2D eigenvalue weighted by molar-refractivity contribution is 6.07. The predicted molar refractivity (Wildman–Crippen MR) is 152 cm³/mol. The second-order valence-electron chi connectivity index (χ2n) is 12.1. The summed E-state index contributed by atoms with van der Waals surface area (Å²) in [6, 6.07) is 11.5. The number of hydrogen-bond acceptors (Lipinski definition) is 5. The van der Waals surface area contributed by atoms with Crippen LogP contribution in [0.5, 0.6) is 0 Å². The number of likely N-dealkylation sites (tertiary alicyclic amines) is 2. The summed E-state index contributed by atoms with van der Waals surface area (Å²) in [5.41, 5.74) is 0.703. The van der Waals surface area contributed by atoms with Gasteiger partial charge in [-0.05, 0) is 75.2 Å². The van der Waals surface area contributed by atoms with Crippen LogP contribution in [-0.4, -0.2) is 72.2 Å². The highest BCUT2D eigenvalue weighted by Gasteiger charge is 2.48. The van der Waals surface area contributed by atoms with E-state index < -0.39 is 23.8 Å². The van der Waals surface area contributed by atoms with E-state index in [0.29, 0.717) is 48.3 Å². The van der Waals surface area contributed by atoms with Gasteiger partial charge in [-0.1, -0.05) is 18.2 Å². The van der Waals surface area contributed by atoms with Crippen molar-refractivity contribution in [2.45, 2.75) is 44.3 Å². The molecular weight excluding hydrogens is 559 g/mol. The van der Waals surface area contributed by atoms with Gasteiger partial charge in [0.1, 0.15) is 6.54 Å². The van der Waals surface area contributed by atoms with E-state index in [4.69, 9.17) is 0 Å². The Morgan fingerprint density at radius 3 is 2.47 bits per heavy atom. The first-order valence-corrected chi connectivity index (χ1v) is 14.5. The Hall–Kier alpha value is -4.17. The molecule has 224 valence electrons. The van der Waals surface area contributed by atoms with Crippen molar-refractivity contribution in [1.29, 1.82) is 5.26 Å². The number of benzene rings is 2. The number of nitrogens with zero attached hydrogens (tertiary/aromatic N) is 5. The number of rotatable bonds is 4. The molecule has 4 aliphatic rings. The number of amides is 3. The monoisotopic (exact) mass is 591 g/mol. The minimum atomic E-state index is -4.63. The molecule has 1 spiro atoms. The molecule has 0 bridgehead atoms. The lowest BCUT2D eigenvalue weighted by molar-refractivity contribution is -0.137. The second kappa shape index (κ2) is 10.8. The summed E-state index contributed by atoms with van der Waals surface area (Å²) >= 11 is 0. The Morgan fingerprint density at radius 1 is 1.05 bits per heavy atom. The van der Waals surface area contributed by atoms with Crippen LogP contribution in [0.1, 0.15) is 54.8 Å². The summed E-state index contributed by atoms with van der Waals surface area (Å²) in [5.74, 6) is -0.485. The van der Waals surface area contributed by atoms with Gasteiger partial charge in [0.15, 0.2) is 5.78 Å². The number of hydrogen-bond donors (Lipinski definition) is 0. The highest BCUT2D eigenvalue weighted by atomic mass is 19.4. The third-order valence-electron chi connectivity index (χ3n) is 9.23. The first kappa shape index (κ1) is 28.9. The summed E-state index contributed by atoms with van der Waals surface area (Å²) in [4.78, 5) is 48.3. The molecule has 8 nitrogen and oxygen atoms in total. The van der Waals surface area contributed by atoms with E-state index in [1.54, 1.807) is 29.2 Å². The molecule has 1 aliphatic carbocycles. The van der Waals surface area contributed by atoms with Crippen LogP contribution >= 0.6 is 0 Å². The van der Waals surface area contributed by atoms with Gasteiger partial charge < -0.3 is 14.7 Å². The third-order valence-corrected chi connectivity index (χ3v) is 9.23. The number of carbonyl (C=O) groups is 3. The fourth-order valence-corrected chi connectivity index (χ4v) is 7.12. The van der Waals surface area contributed by atoms with E-state index in [-0.39, 0.29) is 35.8 Å². The van der Waals surface area contributed by atoms with Gasteiger partial charge in [0.25, 0.3) is 0 Å². The Morgan fingerprint density at radius 2 is 1.79 bits per heavy atom.